The largest absolute Gasteiger partial charge is 0.469 e. The van der Waals surface area contributed by atoms with Crippen LogP contribution in [-0.4, -0.2) is 37.2 Å². The summed E-state index contributed by atoms with van der Waals surface area (Å²) in [6.07, 6.45) is 3.58. The van der Waals surface area contributed by atoms with Crippen molar-refractivity contribution in [1.82, 2.24) is 15.6 Å². The number of aromatic nitrogens is 1. The van der Waals surface area contributed by atoms with Gasteiger partial charge >= 0.3 is 0 Å². The summed E-state index contributed by atoms with van der Waals surface area (Å²) in [5, 5.41) is 6.73. The molecule has 7 nitrogen and oxygen atoms in total. The third kappa shape index (κ3) is 5.35. The first-order valence-electron chi connectivity index (χ1n) is 8.76. The quantitative estimate of drug-likeness (QED) is 0.591. The van der Waals surface area contributed by atoms with Crippen LogP contribution in [0.5, 0.6) is 0 Å². The van der Waals surface area contributed by atoms with Gasteiger partial charge in [0.05, 0.1) is 18.6 Å². The fraction of sp³-hybridized carbons (Fsp3) is 0.556. The molecule has 0 bridgehead atoms. The Morgan fingerprint density at radius 1 is 1.36 bits per heavy atom. The van der Waals surface area contributed by atoms with Gasteiger partial charge in [-0.25, -0.2) is 9.98 Å². The van der Waals surface area contributed by atoms with Crippen molar-refractivity contribution in [3.8, 4) is 0 Å². The van der Waals surface area contributed by atoms with Gasteiger partial charge in [0.25, 0.3) is 0 Å². The molecular weight excluding hydrogens is 320 g/mol. The van der Waals surface area contributed by atoms with E-state index in [9.17, 15) is 0 Å². The van der Waals surface area contributed by atoms with Gasteiger partial charge in [0.2, 0.25) is 5.89 Å². The molecule has 136 valence electrons. The molecule has 1 saturated heterocycles. The first-order valence-corrected chi connectivity index (χ1v) is 8.76. The fourth-order valence-electron chi connectivity index (χ4n) is 2.67. The molecule has 0 aliphatic carbocycles. The molecule has 1 unspecified atom stereocenters. The van der Waals surface area contributed by atoms with Crippen LogP contribution in [-0.2, 0) is 17.7 Å². The van der Waals surface area contributed by atoms with E-state index in [2.05, 4.69) is 20.6 Å². The van der Waals surface area contributed by atoms with E-state index in [-0.39, 0.29) is 0 Å². The summed E-state index contributed by atoms with van der Waals surface area (Å²) in [4.78, 5) is 8.97. The van der Waals surface area contributed by atoms with Crippen molar-refractivity contribution in [2.75, 3.05) is 26.3 Å². The summed E-state index contributed by atoms with van der Waals surface area (Å²) in [7, 11) is 0. The minimum absolute atomic E-state index is 0.409. The number of rotatable bonds is 7. The number of oxazole rings is 1. The van der Waals surface area contributed by atoms with Crippen molar-refractivity contribution >= 4 is 5.96 Å². The van der Waals surface area contributed by atoms with Gasteiger partial charge in [-0.05, 0) is 32.4 Å². The zero-order chi connectivity index (χ0) is 17.5. The molecule has 0 aromatic carbocycles. The Morgan fingerprint density at radius 2 is 2.28 bits per heavy atom. The Balaban J connectivity index is 1.54. The predicted molar refractivity (Wildman–Crippen MR) is 94.5 cm³/mol. The molecule has 1 aliphatic rings. The highest BCUT2D eigenvalue weighted by atomic mass is 16.5. The van der Waals surface area contributed by atoms with E-state index in [0.29, 0.717) is 18.4 Å². The van der Waals surface area contributed by atoms with E-state index in [4.69, 9.17) is 13.6 Å². The van der Waals surface area contributed by atoms with E-state index in [1.54, 1.807) is 6.26 Å². The summed E-state index contributed by atoms with van der Waals surface area (Å²) in [5.41, 5.74) is 0.911. The first kappa shape index (κ1) is 17.5. The molecule has 3 heterocycles. The Kier molecular flexibility index (Phi) is 6.11. The third-order valence-corrected chi connectivity index (χ3v) is 4.27. The zero-order valence-corrected chi connectivity index (χ0v) is 14.9. The Morgan fingerprint density at radius 3 is 2.96 bits per heavy atom. The van der Waals surface area contributed by atoms with E-state index >= 15 is 0 Å². The first-order chi connectivity index (χ1) is 12.2. The fourth-order valence-corrected chi connectivity index (χ4v) is 2.67. The molecule has 3 rings (SSSR count). The standard InChI is InChI=1S/C18H26N4O3/c1-13-14(2)25-17(22-13)11-21-18(20-10-15-6-9-23-12-15)19-7-5-16-4-3-8-24-16/h3-4,8,15H,5-7,9-12H2,1-2H3,(H2,19,20,21). The van der Waals surface area contributed by atoms with Gasteiger partial charge in [-0.15, -0.1) is 0 Å². The van der Waals surface area contributed by atoms with Gasteiger partial charge in [-0.2, -0.15) is 0 Å². The second kappa shape index (κ2) is 8.71. The van der Waals surface area contributed by atoms with Crippen LogP contribution in [0.1, 0.15) is 29.5 Å². The van der Waals surface area contributed by atoms with E-state index in [1.807, 2.05) is 26.0 Å². The SMILES string of the molecule is Cc1nc(CN=C(NCCc2ccco2)NCC2CCOC2)oc1C. The summed E-state index contributed by atoms with van der Waals surface area (Å²) in [5.74, 6) is 3.71. The summed E-state index contributed by atoms with van der Waals surface area (Å²) in [6.45, 7) is 7.50. The molecule has 0 spiro atoms. The van der Waals surface area contributed by atoms with Gasteiger partial charge < -0.3 is 24.2 Å². The van der Waals surface area contributed by atoms with Gasteiger partial charge in [0, 0.05) is 32.0 Å². The zero-order valence-electron chi connectivity index (χ0n) is 14.9. The van der Waals surface area contributed by atoms with E-state index in [0.717, 1.165) is 62.3 Å². The van der Waals surface area contributed by atoms with E-state index < -0.39 is 0 Å². The van der Waals surface area contributed by atoms with Crippen molar-refractivity contribution in [3.05, 3.63) is 41.5 Å². The van der Waals surface area contributed by atoms with Crippen LogP contribution in [0.15, 0.2) is 32.2 Å². The second-order valence-corrected chi connectivity index (χ2v) is 6.28. The highest BCUT2D eigenvalue weighted by Crippen LogP contribution is 2.11. The monoisotopic (exact) mass is 346 g/mol. The average Bonchev–Trinajstić information content (AvgIpc) is 3.34. The maximum atomic E-state index is 5.60. The number of aryl methyl sites for hydroxylation is 2. The Bertz CT molecular complexity index is 653. The number of nitrogens with one attached hydrogen (secondary N) is 2. The molecule has 1 fully saturated rings. The van der Waals surface area contributed by atoms with Crippen LogP contribution in [0.4, 0.5) is 0 Å². The minimum Gasteiger partial charge on any atom is -0.469 e. The number of aliphatic imine (C=N–C) groups is 1. The van der Waals surface area contributed by atoms with Gasteiger partial charge in [0.1, 0.15) is 18.1 Å². The molecule has 0 amide bonds. The molecule has 2 aromatic rings. The van der Waals surface area contributed by atoms with Crippen molar-refractivity contribution < 1.29 is 13.6 Å². The molecule has 7 heteroatoms. The van der Waals surface area contributed by atoms with Crippen LogP contribution in [0, 0.1) is 19.8 Å². The maximum absolute atomic E-state index is 5.60. The molecule has 0 saturated carbocycles. The van der Waals surface area contributed by atoms with Crippen molar-refractivity contribution in [2.45, 2.75) is 33.2 Å². The van der Waals surface area contributed by atoms with Crippen LogP contribution >= 0.6 is 0 Å². The maximum Gasteiger partial charge on any atom is 0.216 e. The lowest BCUT2D eigenvalue weighted by molar-refractivity contribution is 0.186. The van der Waals surface area contributed by atoms with Crippen LogP contribution in [0.3, 0.4) is 0 Å². The number of hydrogen-bond acceptors (Lipinski definition) is 5. The Labute approximate surface area is 147 Å². The number of ether oxygens (including phenoxy) is 1. The lowest BCUT2D eigenvalue weighted by atomic mass is 10.1. The predicted octanol–water partition coefficient (Wildman–Crippen LogP) is 2.20. The molecule has 1 aliphatic heterocycles. The highest BCUT2D eigenvalue weighted by molar-refractivity contribution is 5.79. The lowest BCUT2D eigenvalue weighted by Gasteiger charge is -2.14. The number of furan rings is 1. The average molecular weight is 346 g/mol. The molecule has 2 N–H and O–H groups in total. The normalized spacial score (nSPS) is 17.8. The lowest BCUT2D eigenvalue weighted by Crippen LogP contribution is -2.40. The second-order valence-electron chi connectivity index (χ2n) is 6.28. The van der Waals surface area contributed by atoms with Crippen LogP contribution in [0.2, 0.25) is 0 Å². The number of guanidine groups is 1. The van der Waals surface area contributed by atoms with Gasteiger partial charge in [0.15, 0.2) is 5.96 Å². The van der Waals surface area contributed by atoms with Gasteiger partial charge in [-0.3, -0.25) is 0 Å². The molecule has 0 radical (unpaired) electrons. The molecule has 1 atom stereocenters. The topological polar surface area (TPSA) is 84.8 Å². The number of hydrogen-bond donors (Lipinski definition) is 2. The highest BCUT2D eigenvalue weighted by Gasteiger charge is 2.16. The van der Waals surface area contributed by atoms with Crippen molar-refractivity contribution in [1.29, 1.82) is 0 Å². The van der Waals surface area contributed by atoms with Crippen molar-refractivity contribution in [3.63, 3.8) is 0 Å². The van der Waals surface area contributed by atoms with E-state index in [1.165, 1.54) is 0 Å². The molecule has 2 aromatic heterocycles. The Hall–Kier alpha value is -2.28. The number of nitrogens with zero attached hydrogens (tertiary/aromatic N) is 2. The molecular formula is C18H26N4O3. The third-order valence-electron chi connectivity index (χ3n) is 4.27. The van der Waals surface area contributed by atoms with Gasteiger partial charge in [-0.1, -0.05) is 0 Å². The molecule has 25 heavy (non-hydrogen) atoms. The minimum atomic E-state index is 0.409. The summed E-state index contributed by atoms with van der Waals surface area (Å²) < 4.78 is 16.4. The van der Waals surface area contributed by atoms with Crippen LogP contribution < -0.4 is 10.6 Å². The van der Waals surface area contributed by atoms with Crippen LogP contribution in [0.25, 0.3) is 0 Å². The summed E-state index contributed by atoms with van der Waals surface area (Å²) >= 11 is 0. The van der Waals surface area contributed by atoms with Crippen molar-refractivity contribution in [2.24, 2.45) is 10.9 Å². The summed E-state index contributed by atoms with van der Waals surface area (Å²) in [6, 6.07) is 3.87. The smallest absolute Gasteiger partial charge is 0.216 e.